The summed E-state index contributed by atoms with van der Waals surface area (Å²) in [5, 5.41) is 41.7. The monoisotopic (exact) mass is 299 g/mol. The third-order valence-electron chi connectivity index (χ3n) is 3.46. The number of rotatable bonds is 5. The molecule has 0 bridgehead atoms. The van der Waals surface area contributed by atoms with Crippen LogP contribution in [-0.4, -0.2) is 64.3 Å². The molecule has 1 aliphatic rings. The van der Waals surface area contributed by atoms with Crippen LogP contribution in [0.3, 0.4) is 0 Å². The van der Waals surface area contributed by atoms with Gasteiger partial charge in [-0.25, -0.2) is 0 Å². The molecule has 2 rings (SSSR count). The maximum Gasteiger partial charge on any atom is 0.190 e. The number of hydrogen-bond acceptors (Lipinski definition) is 7. The fourth-order valence-electron chi connectivity index (χ4n) is 2.24. The van der Waals surface area contributed by atoms with E-state index in [1.807, 2.05) is 6.92 Å². The van der Waals surface area contributed by atoms with Gasteiger partial charge >= 0.3 is 0 Å². The molecule has 0 aliphatic carbocycles. The first-order chi connectivity index (χ1) is 10.0. The third-order valence-corrected chi connectivity index (χ3v) is 3.46. The van der Waals surface area contributed by atoms with Gasteiger partial charge in [0.25, 0.3) is 0 Å². The fraction of sp³-hybridized carbons (Fsp3) is 0.571. The Morgan fingerprint density at radius 3 is 2.52 bits per heavy atom. The summed E-state index contributed by atoms with van der Waals surface area (Å²) < 4.78 is 10.7. The minimum atomic E-state index is -1.56. The molecule has 0 saturated carbocycles. The van der Waals surface area contributed by atoms with E-state index in [1.165, 1.54) is 0 Å². The summed E-state index contributed by atoms with van der Waals surface area (Å²) in [6, 6.07) is 6.88. The van der Waals surface area contributed by atoms with Crippen LogP contribution in [0.5, 0.6) is 5.75 Å². The lowest BCUT2D eigenvalue weighted by Crippen LogP contribution is -2.66. The first-order valence-electron chi connectivity index (χ1n) is 6.82. The smallest absolute Gasteiger partial charge is 0.190 e. The lowest BCUT2D eigenvalue weighted by molar-refractivity contribution is -0.235. The molecule has 5 N–H and O–H groups in total. The van der Waals surface area contributed by atoms with E-state index in [4.69, 9.17) is 9.47 Å². The number of hydrogen-bond donors (Lipinski definition) is 5. The maximum atomic E-state index is 10.1. The SMILES string of the molecule is CCOc1ccc(N[C@]2(CO)OC[C@H](O)[C@@H](O)[C@@H]2O)cc1. The zero-order chi connectivity index (χ0) is 15.5. The molecule has 1 aromatic carbocycles. The van der Waals surface area contributed by atoms with Crippen LogP contribution in [0, 0.1) is 0 Å². The van der Waals surface area contributed by atoms with E-state index in [0.29, 0.717) is 18.0 Å². The fourth-order valence-corrected chi connectivity index (χ4v) is 2.24. The Balaban J connectivity index is 2.14. The summed E-state index contributed by atoms with van der Waals surface area (Å²) >= 11 is 0. The lowest BCUT2D eigenvalue weighted by atomic mass is 9.94. The van der Waals surface area contributed by atoms with Crippen LogP contribution < -0.4 is 10.1 Å². The highest BCUT2D eigenvalue weighted by Gasteiger charge is 2.49. The van der Waals surface area contributed by atoms with Gasteiger partial charge in [-0.1, -0.05) is 0 Å². The van der Waals surface area contributed by atoms with Crippen LogP contribution in [0.25, 0.3) is 0 Å². The van der Waals surface area contributed by atoms with E-state index < -0.39 is 30.6 Å². The quantitative estimate of drug-likeness (QED) is 0.489. The molecular formula is C14H21NO6. The van der Waals surface area contributed by atoms with Crippen LogP contribution in [0.2, 0.25) is 0 Å². The molecule has 21 heavy (non-hydrogen) atoms. The van der Waals surface area contributed by atoms with Crippen molar-refractivity contribution in [2.24, 2.45) is 0 Å². The summed E-state index contributed by atoms with van der Waals surface area (Å²) in [5.74, 6) is 0.696. The van der Waals surface area contributed by atoms with Crippen LogP contribution in [0.1, 0.15) is 6.92 Å². The summed E-state index contributed by atoms with van der Waals surface area (Å²) in [6.07, 6.45) is -4.07. The van der Waals surface area contributed by atoms with Crippen molar-refractivity contribution in [2.45, 2.75) is 31.0 Å². The van der Waals surface area contributed by atoms with E-state index in [2.05, 4.69) is 5.32 Å². The van der Waals surface area contributed by atoms with Crippen molar-refractivity contribution in [1.29, 1.82) is 0 Å². The topological polar surface area (TPSA) is 111 Å². The van der Waals surface area contributed by atoms with Gasteiger partial charge in [0, 0.05) is 5.69 Å². The average Bonchev–Trinajstić information content (AvgIpc) is 2.50. The Labute approximate surface area is 122 Å². The molecule has 1 heterocycles. The summed E-state index contributed by atoms with van der Waals surface area (Å²) in [7, 11) is 0. The number of benzene rings is 1. The summed E-state index contributed by atoms with van der Waals surface area (Å²) in [5.41, 5.74) is -0.985. The van der Waals surface area contributed by atoms with Gasteiger partial charge in [0.2, 0.25) is 0 Å². The predicted molar refractivity (Wildman–Crippen MR) is 75.0 cm³/mol. The second kappa shape index (κ2) is 6.59. The van der Waals surface area contributed by atoms with E-state index >= 15 is 0 Å². The van der Waals surface area contributed by atoms with Crippen LogP contribution in [0.15, 0.2) is 24.3 Å². The van der Waals surface area contributed by atoms with Crippen molar-refractivity contribution in [2.75, 3.05) is 25.1 Å². The number of ether oxygens (including phenoxy) is 2. The molecule has 0 aromatic heterocycles. The molecule has 4 atom stereocenters. The molecular weight excluding hydrogens is 278 g/mol. The van der Waals surface area contributed by atoms with Gasteiger partial charge in [0.05, 0.1) is 19.8 Å². The summed E-state index contributed by atoms with van der Waals surface area (Å²) in [4.78, 5) is 0. The lowest BCUT2D eigenvalue weighted by Gasteiger charge is -2.45. The van der Waals surface area contributed by atoms with Crippen LogP contribution in [-0.2, 0) is 4.74 Å². The molecule has 1 saturated heterocycles. The van der Waals surface area contributed by atoms with Crippen molar-refractivity contribution < 1.29 is 29.9 Å². The highest BCUT2D eigenvalue weighted by atomic mass is 16.6. The van der Waals surface area contributed by atoms with Crippen molar-refractivity contribution >= 4 is 5.69 Å². The Morgan fingerprint density at radius 1 is 1.29 bits per heavy atom. The van der Waals surface area contributed by atoms with Crippen molar-refractivity contribution in [1.82, 2.24) is 0 Å². The first-order valence-corrected chi connectivity index (χ1v) is 6.82. The highest BCUT2D eigenvalue weighted by molar-refractivity contribution is 5.48. The number of nitrogens with one attached hydrogen (secondary N) is 1. The molecule has 1 fully saturated rings. The Hall–Kier alpha value is -1.38. The number of aliphatic hydroxyl groups is 4. The number of aliphatic hydroxyl groups excluding tert-OH is 4. The molecule has 0 radical (unpaired) electrons. The van der Waals surface area contributed by atoms with Gasteiger partial charge in [-0.3, -0.25) is 0 Å². The van der Waals surface area contributed by atoms with Gasteiger partial charge in [-0.2, -0.15) is 0 Å². The second-order valence-electron chi connectivity index (χ2n) is 4.94. The van der Waals surface area contributed by atoms with Gasteiger partial charge in [-0.05, 0) is 31.2 Å². The predicted octanol–water partition coefficient (Wildman–Crippen LogP) is -0.701. The van der Waals surface area contributed by atoms with Crippen molar-refractivity contribution in [3.05, 3.63) is 24.3 Å². The molecule has 1 aliphatic heterocycles. The standard InChI is InChI=1S/C14H21NO6/c1-2-20-10-5-3-9(4-6-10)15-14(8-16)13(19)12(18)11(17)7-21-14/h3-6,11-13,15-19H,2,7-8H2,1H3/t11-,12+,13-,14+/m0/s1. The zero-order valence-electron chi connectivity index (χ0n) is 11.8. The Kier molecular flexibility index (Phi) is 5.02. The van der Waals surface area contributed by atoms with E-state index in [1.54, 1.807) is 24.3 Å². The molecule has 118 valence electrons. The first kappa shape index (κ1) is 16.0. The molecule has 0 amide bonds. The van der Waals surface area contributed by atoms with Gasteiger partial charge in [0.1, 0.15) is 24.1 Å². The molecule has 0 unspecified atom stereocenters. The Morgan fingerprint density at radius 2 is 1.95 bits per heavy atom. The van der Waals surface area contributed by atoms with Gasteiger partial charge in [-0.15, -0.1) is 0 Å². The van der Waals surface area contributed by atoms with Crippen molar-refractivity contribution in [3.63, 3.8) is 0 Å². The third kappa shape index (κ3) is 3.28. The van der Waals surface area contributed by atoms with E-state index in [9.17, 15) is 20.4 Å². The molecule has 0 spiro atoms. The minimum Gasteiger partial charge on any atom is -0.494 e. The molecule has 7 heteroatoms. The normalized spacial score (nSPS) is 32.7. The largest absolute Gasteiger partial charge is 0.494 e. The van der Waals surface area contributed by atoms with Crippen molar-refractivity contribution in [3.8, 4) is 5.75 Å². The average molecular weight is 299 g/mol. The van der Waals surface area contributed by atoms with Crippen LogP contribution >= 0.6 is 0 Å². The summed E-state index contributed by atoms with van der Waals surface area (Å²) in [6.45, 7) is 1.68. The van der Waals surface area contributed by atoms with Crippen LogP contribution in [0.4, 0.5) is 5.69 Å². The molecule has 1 aromatic rings. The maximum absolute atomic E-state index is 10.1. The van der Waals surface area contributed by atoms with Gasteiger partial charge in [0.15, 0.2) is 5.72 Å². The Bertz CT molecular complexity index is 453. The minimum absolute atomic E-state index is 0.192. The van der Waals surface area contributed by atoms with E-state index in [0.717, 1.165) is 0 Å². The highest BCUT2D eigenvalue weighted by Crippen LogP contribution is 2.28. The zero-order valence-corrected chi connectivity index (χ0v) is 11.8. The molecule has 7 nitrogen and oxygen atoms in total. The van der Waals surface area contributed by atoms with Gasteiger partial charge < -0.3 is 35.2 Å². The second-order valence-corrected chi connectivity index (χ2v) is 4.94. The van der Waals surface area contributed by atoms with E-state index in [-0.39, 0.29) is 6.61 Å². The number of anilines is 1.